The molecule has 1 N–H and O–H groups in total. The molecule has 108 valence electrons. The summed E-state index contributed by atoms with van der Waals surface area (Å²) in [5, 5.41) is 3.40. The van der Waals surface area contributed by atoms with Crippen LogP contribution in [0.2, 0.25) is 0 Å². The van der Waals surface area contributed by atoms with Crippen LogP contribution >= 0.6 is 0 Å². The van der Waals surface area contributed by atoms with Crippen LogP contribution in [0.3, 0.4) is 0 Å². The van der Waals surface area contributed by atoms with Gasteiger partial charge in [0.2, 0.25) is 5.95 Å². The van der Waals surface area contributed by atoms with Gasteiger partial charge in [0, 0.05) is 43.1 Å². The van der Waals surface area contributed by atoms with E-state index in [4.69, 9.17) is 0 Å². The second-order valence-electron chi connectivity index (χ2n) is 5.40. The largest absolute Gasteiger partial charge is 0.341 e. The third kappa shape index (κ3) is 4.46. The molecule has 0 aliphatic rings. The van der Waals surface area contributed by atoms with Crippen LogP contribution in [-0.2, 0) is 6.54 Å². The normalized spacial score (nSPS) is 11.4. The standard InChI is InChI=1S/C15H28N4/c1-7-14(8-2)19(6)15-17-10-13(12(5)18-15)9-16-11(3)4/h10-11,14,16H,7-9H2,1-6H3. The second kappa shape index (κ2) is 7.43. The zero-order valence-electron chi connectivity index (χ0n) is 13.2. The SMILES string of the molecule is CCC(CC)N(C)c1ncc(CNC(C)C)c(C)n1. The molecule has 0 spiro atoms. The van der Waals surface area contributed by atoms with Crippen LogP contribution in [0.15, 0.2) is 6.20 Å². The number of rotatable bonds is 7. The van der Waals surface area contributed by atoms with Crippen LogP contribution in [0, 0.1) is 6.92 Å². The van der Waals surface area contributed by atoms with Gasteiger partial charge < -0.3 is 10.2 Å². The van der Waals surface area contributed by atoms with Crippen molar-refractivity contribution in [2.75, 3.05) is 11.9 Å². The lowest BCUT2D eigenvalue weighted by Crippen LogP contribution is -2.32. The van der Waals surface area contributed by atoms with E-state index in [1.54, 1.807) is 0 Å². The molecule has 19 heavy (non-hydrogen) atoms. The molecule has 0 fully saturated rings. The van der Waals surface area contributed by atoms with E-state index in [1.165, 1.54) is 5.56 Å². The fourth-order valence-electron chi connectivity index (χ4n) is 2.14. The predicted octanol–water partition coefficient (Wildman–Crippen LogP) is 2.91. The highest BCUT2D eigenvalue weighted by atomic mass is 15.2. The Labute approximate surface area is 117 Å². The summed E-state index contributed by atoms with van der Waals surface area (Å²) in [5.41, 5.74) is 2.24. The van der Waals surface area contributed by atoms with Gasteiger partial charge in [0.15, 0.2) is 0 Å². The molecule has 0 radical (unpaired) electrons. The second-order valence-corrected chi connectivity index (χ2v) is 5.40. The number of nitrogens with zero attached hydrogens (tertiary/aromatic N) is 3. The molecule has 0 bridgehead atoms. The third-order valence-corrected chi connectivity index (χ3v) is 3.57. The van der Waals surface area contributed by atoms with Crippen LogP contribution in [0.25, 0.3) is 0 Å². The van der Waals surface area contributed by atoms with Gasteiger partial charge in [0.25, 0.3) is 0 Å². The summed E-state index contributed by atoms with van der Waals surface area (Å²) < 4.78 is 0. The molecular formula is C15H28N4. The van der Waals surface area contributed by atoms with Crippen LogP contribution in [0.4, 0.5) is 5.95 Å². The predicted molar refractivity (Wildman–Crippen MR) is 81.5 cm³/mol. The van der Waals surface area contributed by atoms with Crippen molar-refractivity contribution in [3.05, 3.63) is 17.5 Å². The molecule has 4 nitrogen and oxygen atoms in total. The summed E-state index contributed by atoms with van der Waals surface area (Å²) in [4.78, 5) is 11.3. The fourth-order valence-corrected chi connectivity index (χ4v) is 2.14. The highest BCUT2D eigenvalue weighted by Crippen LogP contribution is 2.15. The van der Waals surface area contributed by atoms with Gasteiger partial charge in [-0.05, 0) is 19.8 Å². The highest BCUT2D eigenvalue weighted by Gasteiger charge is 2.14. The Balaban J connectivity index is 2.81. The Kier molecular flexibility index (Phi) is 6.22. The first-order chi connectivity index (χ1) is 8.99. The Morgan fingerprint density at radius 1 is 1.26 bits per heavy atom. The van der Waals surface area contributed by atoms with E-state index in [2.05, 4.69) is 61.9 Å². The average molecular weight is 264 g/mol. The molecule has 0 saturated heterocycles. The first-order valence-corrected chi connectivity index (χ1v) is 7.28. The van der Waals surface area contributed by atoms with E-state index in [0.717, 1.165) is 31.0 Å². The van der Waals surface area contributed by atoms with Crippen LogP contribution in [0.5, 0.6) is 0 Å². The van der Waals surface area contributed by atoms with Gasteiger partial charge in [0.05, 0.1) is 0 Å². The number of nitrogens with one attached hydrogen (secondary N) is 1. The van der Waals surface area contributed by atoms with Gasteiger partial charge >= 0.3 is 0 Å². The molecule has 0 aliphatic heterocycles. The molecular weight excluding hydrogens is 236 g/mol. The molecule has 0 aliphatic carbocycles. The Bertz CT molecular complexity index is 386. The van der Waals surface area contributed by atoms with Crippen molar-refractivity contribution < 1.29 is 0 Å². The maximum atomic E-state index is 4.64. The summed E-state index contributed by atoms with van der Waals surface area (Å²) in [6.07, 6.45) is 4.18. The van der Waals surface area contributed by atoms with Crippen molar-refractivity contribution in [3.8, 4) is 0 Å². The molecule has 0 amide bonds. The average Bonchev–Trinajstić information content (AvgIpc) is 2.38. The van der Waals surface area contributed by atoms with Gasteiger partial charge in [-0.15, -0.1) is 0 Å². The minimum atomic E-state index is 0.478. The van der Waals surface area contributed by atoms with Crippen molar-refractivity contribution in [1.82, 2.24) is 15.3 Å². The van der Waals surface area contributed by atoms with Crippen molar-refractivity contribution in [3.63, 3.8) is 0 Å². The summed E-state index contributed by atoms with van der Waals surface area (Å²) in [5.74, 6) is 0.833. The molecule has 1 heterocycles. The van der Waals surface area contributed by atoms with Gasteiger partial charge in [-0.3, -0.25) is 0 Å². The monoisotopic (exact) mass is 264 g/mol. The van der Waals surface area contributed by atoms with E-state index in [0.29, 0.717) is 12.1 Å². The van der Waals surface area contributed by atoms with Gasteiger partial charge in [-0.1, -0.05) is 27.7 Å². The first-order valence-electron chi connectivity index (χ1n) is 7.28. The van der Waals surface area contributed by atoms with Crippen molar-refractivity contribution in [1.29, 1.82) is 0 Å². The Hall–Kier alpha value is -1.16. The number of aromatic nitrogens is 2. The Morgan fingerprint density at radius 2 is 1.89 bits per heavy atom. The smallest absolute Gasteiger partial charge is 0.225 e. The van der Waals surface area contributed by atoms with Gasteiger partial charge in [-0.25, -0.2) is 9.97 Å². The topological polar surface area (TPSA) is 41.1 Å². The van der Waals surface area contributed by atoms with Crippen LogP contribution in [0.1, 0.15) is 51.8 Å². The van der Waals surface area contributed by atoms with Crippen molar-refractivity contribution in [2.24, 2.45) is 0 Å². The molecule has 1 aromatic rings. The third-order valence-electron chi connectivity index (χ3n) is 3.57. The Morgan fingerprint density at radius 3 is 2.37 bits per heavy atom. The molecule has 1 aromatic heterocycles. The van der Waals surface area contributed by atoms with Gasteiger partial charge in [0.1, 0.15) is 0 Å². The molecule has 0 unspecified atom stereocenters. The minimum absolute atomic E-state index is 0.478. The molecule has 1 rings (SSSR count). The molecule has 0 saturated carbocycles. The van der Waals surface area contributed by atoms with E-state index < -0.39 is 0 Å². The maximum Gasteiger partial charge on any atom is 0.225 e. The van der Waals surface area contributed by atoms with Crippen LogP contribution < -0.4 is 10.2 Å². The zero-order chi connectivity index (χ0) is 14.4. The summed E-state index contributed by atoms with van der Waals surface area (Å²) in [7, 11) is 2.08. The summed E-state index contributed by atoms with van der Waals surface area (Å²) in [6, 6.07) is 0.991. The highest BCUT2D eigenvalue weighted by molar-refractivity contribution is 5.33. The summed E-state index contributed by atoms with van der Waals surface area (Å²) in [6.45, 7) is 11.6. The maximum absolute atomic E-state index is 4.64. The lowest BCUT2D eigenvalue weighted by atomic mass is 10.1. The number of hydrogen-bond acceptors (Lipinski definition) is 4. The van der Waals surface area contributed by atoms with E-state index in [1.807, 2.05) is 6.20 Å². The molecule has 0 aromatic carbocycles. The van der Waals surface area contributed by atoms with E-state index in [9.17, 15) is 0 Å². The van der Waals surface area contributed by atoms with E-state index >= 15 is 0 Å². The lowest BCUT2D eigenvalue weighted by molar-refractivity contribution is 0.573. The van der Waals surface area contributed by atoms with Crippen molar-refractivity contribution in [2.45, 2.75) is 66.1 Å². The van der Waals surface area contributed by atoms with Gasteiger partial charge in [-0.2, -0.15) is 0 Å². The lowest BCUT2D eigenvalue weighted by Gasteiger charge is -2.26. The first kappa shape index (κ1) is 15.9. The number of aryl methyl sites for hydroxylation is 1. The van der Waals surface area contributed by atoms with Crippen LogP contribution in [-0.4, -0.2) is 29.1 Å². The fraction of sp³-hybridized carbons (Fsp3) is 0.733. The van der Waals surface area contributed by atoms with Crippen molar-refractivity contribution >= 4 is 5.95 Å². The zero-order valence-corrected chi connectivity index (χ0v) is 13.2. The minimum Gasteiger partial charge on any atom is -0.341 e. The summed E-state index contributed by atoms with van der Waals surface area (Å²) >= 11 is 0. The quantitative estimate of drug-likeness (QED) is 0.822. The number of hydrogen-bond donors (Lipinski definition) is 1. The molecule has 4 heteroatoms. The molecule has 0 atom stereocenters. The van der Waals surface area contributed by atoms with E-state index in [-0.39, 0.29) is 0 Å². The number of anilines is 1.